The Bertz CT molecular complexity index is 1500. The zero-order valence-electron chi connectivity index (χ0n) is 19.7. The van der Waals surface area contributed by atoms with Crippen molar-refractivity contribution in [1.29, 1.82) is 0 Å². The fourth-order valence-corrected chi connectivity index (χ4v) is 4.37. The first-order valence-corrected chi connectivity index (χ1v) is 11.8. The van der Waals surface area contributed by atoms with Crippen LogP contribution in [-0.2, 0) is 25.0 Å². The maximum absolute atomic E-state index is 14.5. The molecule has 0 radical (unpaired) electrons. The van der Waals surface area contributed by atoms with Gasteiger partial charge in [0.25, 0.3) is 0 Å². The van der Waals surface area contributed by atoms with E-state index in [1.165, 1.54) is 16.9 Å². The van der Waals surface area contributed by atoms with Gasteiger partial charge in [0.1, 0.15) is 18.8 Å². The molecule has 1 aliphatic rings. The van der Waals surface area contributed by atoms with Crippen LogP contribution in [0.2, 0.25) is 0 Å². The van der Waals surface area contributed by atoms with Gasteiger partial charge >= 0.3 is 0 Å². The molecule has 182 valence electrons. The Morgan fingerprint density at radius 3 is 2.58 bits per heavy atom. The van der Waals surface area contributed by atoms with E-state index < -0.39 is 5.82 Å². The van der Waals surface area contributed by atoms with E-state index in [0.29, 0.717) is 35.3 Å². The molecule has 0 bridgehead atoms. The number of benzene rings is 2. The molecule has 3 aromatic heterocycles. The first-order chi connectivity index (χ1) is 17.7. The molecule has 0 unspecified atom stereocenters. The van der Waals surface area contributed by atoms with Crippen molar-refractivity contribution < 1.29 is 13.9 Å². The molecule has 0 aliphatic heterocycles. The molecule has 3 heterocycles. The van der Waals surface area contributed by atoms with E-state index in [0.717, 1.165) is 24.0 Å². The minimum absolute atomic E-state index is 0.157. The van der Waals surface area contributed by atoms with E-state index in [9.17, 15) is 4.39 Å². The lowest BCUT2D eigenvalue weighted by molar-refractivity contribution is -0.0213. The van der Waals surface area contributed by atoms with Gasteiger partial charge in [-0.15, -0.1) is 15.3 Å². The molecule has 10 heteroatoms. The quantitative estimate of drug-likeness (QED) is 0.327. The third-order valence-corrected chi connectivity index (χ3v) is 6.51. The fraction of sp³-hybridized carbons (Fsp3) is 0.269. The number of rotatable bonds is 8. The Balaban J connectivity index is 1.27. The molecule has 9 nitrogen and oxygen atoms in total. The van der Waals surface area contributed by atoms with Gasteiger partial charge in [-0.05, 0) is 42.5 Å². The van der Waals surface area contributed by atoms with E-state index >= 15 is 0 Å². The topological polar surface area (TPSA) is 92.2 Å². The number of nitrogens with zero attached hydrogens (tertiary/aromatic N) is 7. The van der Waals surface area contributed by atoms with Gasteiger partial charge in [-0.3, -0.25) is 4.68 Å². The highest BCUT2D eigenvalue weighted by atomic mass is 19.1. The summed E-state index contributed by atoms with van der Waals surface area (Å²) in [7, 11) is 1.81. The predicted octanol–water partition coefficient (Wildman–Crippen LogP) is 4.10. The summed E-state index contributed by atoms with van der Waals surface area (Å²) < 4.78 is 29.9. The van der Waals surface area contributed by atoms with Crippen LogP contribution in [0.5, 0.6) is 5.88 Å². The van der Waals surface area contributed by atoms with Crippen molar-refractivity contribution in [3.63, 3.8) is 0 Å². The predicted molar refractivity (Wildman–Crippen MR) is 129 cm³/mol. The SMILES string of the molecule is Cn1ncnc1COc1nn2c(-c3ccccc3F)nnc2cc1C1CC(OCc2ccccc2)C1. The highest BCUT2D eigenvalue weighted by Crippen LogP contribution is 2.43. The minimum Gasteiger partial charge on any atom is -0.468 e. The Morgan fingerprint density at radius 1 is 1.00 bits per heavy atom. The number of hydrogen-bond acceptors (Lipinski definition) is 7. The van der Waals surface area contributed by atoms with Crippen LogP contribution in [0.4, 0.5) is 4.39 Å². The maximum Gasteiger partial charge on any atom is 0.235 e. The van der Waals surface area contributed by atoms with Gasteiger partial charge < -0.3 is 9.47 Å². The van der Waals surface area contributed by atoms with Crippen LogP contribution in [0.15, 0.2) is 67.0 Å². The monoisotopic (exact) mass is 485 g/mol. The van der Waals surface area contributed by atoms with Gasteiger partial charge in [-0.1, -0.05) is 42.5 Å². The molecule has 2 aromatic carbocycles. The molecule has 0 spiro atoms. The van der Waals surface area contributed by atoms with Crippen LogP contribution < -0.4 is 4.74 Å². The van der Waals surface area contributed by atoms with E-state index in [1.54, 1.807) is 29.9 Å². The zero-order valence-corrected chi connectivity index (χ0v) is 19.7. The molecule has 36 heavy (non-hydrogen) atoms. The van der Waals surface area contributed by atoms with Gasteiger partial charge in [0.05, 0.1) is 18.3 Å². The summed E-state index contributed by atoms with van der Waals surface area (Å²) >= 11 is 0. The molecular formula is C26H24FN7O2. The maximum atomic E-state index is 14.5. The average Bonchev–Trinajstić information content (AvgIpc) is 3.47. The lowest BCUT2D eigenvalue weighted by Gasteiger charge is -2.35. The fourth-order valence-electron chi connectivity index (χ4n) is 4.37. The number of ether oxygens (including phenoxy) is 2. The van der Waals surface area contributed by atoms with Crippen LogP contribution in [-0.4, -0.2) is 40.7 Å². The second kappa shape index (κ2) is 9.46. The second-order valence-corrected chi connectivity index (χ2v) is 8.85. The third kappa shape index (κ3) is 4.31. The molecule has 1 fully saturated rings. The zero-order chi connectivity index (χ0) is 24.5. The summed E-state index contributed by atoms with van der Waals surface area (Å²) in [6, 6.07) is 18.5. The Labute approximate surface area is 206 Å². The molecule has 6 rings (SSSR count). The summed E-state index contributed by atoms with van der Waals surface area (Å²) in [4.78, 5) is 4.23. The lowest BCUT2D eigenvalue weighted by Crippen LogP contribution is -2.30. The Hall–Kier alpha value is -4.18. The first kappa shape index (κ1) is 22.3. The van der Waals surface area contributed by atoms with Crippen molar-refractivity contribution in [3.05, 3.63) is 89.8 Å². The molecule has 5 aromatic rings. The van der Waals surface area contributed by atoms with Crippen molar-refractivity contribution in [2.75, 3.05) is 0 Å². The van der Waals surface area contributed by atoms with Gasteiger partial charge in [0, 0.05) is 12.6 Å². The van der Waals surface area contributed by atoms with Crippen LogP contribution in [0.1, 0.15) is 35.7 Å². The van der Waals surface area contributed by atoms with Crippen LogP contribution >= 0.6 is 0 Å². The Kier molecular flexibility index (Phi) is 5.86. The largest absolute Gasteiger partial charge is 0.468 e. The minimum atomic E-state index is -0.392. The van der Waals surface area contributed by atoms with E-state index in [-0.39, 0.29) is 18.6 Å². The normalized spacial score (nSPS) is 17.3. The van der Waals surface area contributed by atoms with Crippen molar-refractivity contribution in [1.82, 2.24) is 34.6 Å². The standard InChI is InChI=1S/C26H24FN7O2/c1-33-24(28-16-29-33)15-36-26-21(18-11-19(12-18)35-14-17-7-3-2-4-8-17)13-23-30-31-25(34(23)32-26)20-9-5-6-10-22(20)27/h2-10,13,16,18-19H,11-12,14-15H2,1H3. The van der Waals surface area contributed by atoms with Gasteiger partial charge in [-0.2, -0.15) is 9.61 Å². The molecule has 0 saturated heterocycles. The van der Waals surface area contributed by atoms with Crippen LogP contribution in [0, 0.1) is 5.82 Å². The average molecular weight is 486 g/mol. The summed E-state index contributed by atoms with van der Waals surface area (Å²) in [6.45, 7) is 0.779. The number of aromatic nitrogens is 7. The van der Waals surface area contributed by atoms with E-state index in [2.05, 4.69) is 32.4 Å². The number of fused-ring (bicyclic) bond motifs is 1. The summed E-state index contributed by atoms with van der Waals surface area (Å²) in [6.07, 6.45) is 3.33. The van der Waals surface area contributed by atoms with Gasteiger partial charge in [0.2, 0.25) is 5.88 Å². The lowest BCUT2D eigenvalue weighted by atomic mass is 9.78. The number of aryl methyl sites for hydroxylation is 1. The van der Waals surface area contributed by atoms with Crippen molar-refractivity contribution in [3.8, 4) is 17.3 Å². The van der Waals surface area contributed by atoms with E-state index in [4.69, 9.17) is 14.6 Å². The molecule has 0 N–H and O–H groups in total. The Morgan fingerprint density at radius 2 is 1.81 bits per heavy atom. The molecule has 1 saturated carbocycles. The van der Waals surface area contributed by atoms with Crippen molar-refractivity contribution in [2.45, 2.75) is 38.1 Å². The van der Waals surface area contributed by atoms with Crippen LogP contribution in [0.3, 0.4) is 0 Å². The highest BCUT2D eigenvalue weighted by Gasteiger charge is 2.34. The number of halogens is 1. The smallest absolute Gasteiger partial charge is 0.235 e. The summed E-state index contributed by atoms with van der Waals surface area (Å²) in [5.74, 6) is 1.23. The molecule has 1 aliphatic carbocycles. The van der Waals surface area contributed by atoms with Crippen molar-refractivity contribution >= 4 is 5.65 Å². The van der Waals surface area contributed by atoms with Gasteiger partial charge in [-0.25, -0.2) is 9.37 Å². The van der Waals surface area contributed by atoms with Gasteiger partial charge in [0.15, 0.2) is 17.3 Å². The summed E-state index contributed by atoms with van der Waals surface area (Å²) in [5.41, 5.74) is 2.93. The molecule has 0 amide bonds. The highest BCUT2D eigenvalue weighted by molar-refractivity contribution is 5.60. The molecular weight excluding hydrogens is 461 g/mol. The van der Waals surface area contributed by atoms with Crippen molar-refractivity contribution in [2.24, 2.45) is 7.05 Å². The second-order valence-electron chi connectivity index (χ2n) is 8.85. The molecule has 0 atom stereocenters. The number of hydrogen-bond donors (Lipinski definition) is 0. The van der Waals surface area contributed by atoms with E-state index in [1.807, 2.05) is 24.3 Å². The third-order valence-electron chi connectivity index (χ3n) is 6.51. The summed E-state index contributed by atoms with van der Waals surface area (Å²) in [5, 5.41) is 17.3. The first-order valence-electron chi connectivity index (χ1n) is 11.8. The van der Waals surface area contributed by atoms with Crippen LogP contribution in [0.25, 0.3) is 17.0 Å².